The van der Waals surface area contributed by atoms with Crippen molar-refractivity contribution in [2.24, 2.45) is 23.7 Å². The summed E-state index contributed by atoms with van der Waals surface area (Å²) in [5.74, 6) is 7.37. The molecule has 10 unspecified atom stereocenters. The summed E-state index contributed by atoms with van der Waals surface area (Å²) in [7, 11) is 3.18. The lowest BCUT2D eigenvalue weighted by Gasteiger charge is -2.33. The molecule has 7 N–H and O–H groups in total. The average molecular weight is 747 g/mol. The van der Waals surface area contributed by atoms with Crippen molar-refractivity contribution >= 4 is 27.4 Å². The minimum absolute atomic E-state index is 0.0713. The van der Waals surface area contributed by atoms with Crippen LogP contribution in [0, 0.1) is 35.5 Å². The summed E-state index contributed by atoms with van der Waals surface area (Å²) in [5.41, 5.74) is 10.1. The van der Waals surface area contributed by atoms with Crippen molar-refractivity contribution in [1.29, 1.82) is 0 Å². The molecule has 52 heavy (non-hydrogen) atoms. The fourth-order valence-electron chi connectivity index (χ4n) is 7.98. The molecular formula is C41H52N3O6S2-. The van der Waals surface area contributed by atoms with Gasteiger partial charge < -0.3 is 41.0 Å². The standard InChI is InChI=1S/C41H52N3O6S2/c1-2-25-6-3-4-8-35(47)39-26(10-9-25)11-12-27(19-36(39)48)28-13-14-34(46)37(20-28)50-38-21-29(18-31-7-5-16-43-31)32-15-17-44-41(42)33(32)24-52-51-23-30(22-45)40(38)49/h5,7,11-17,20,25-27,29-30,35-36,38-40,45-49H,2-4,6,8,18-19,21-24H2,1H3,(H2,42,44)/q-1. The Balaban J connectivity index is 1.32. The predicted molar refractivity (Wildman–Crippen MR) is 208 cm³/mol. The molecule has 1 aromatic carbocycles. The van der Waals surface area contributed by atoms with Gasteiger partial charge in [-0.15, -0.1) is 0 Å². The Kier molecular flexibility index (Phi) is 13.6. The fraction of sp³-hybridized carbons (Fsp3) is 0.537. The molecule has 0 saturated heterocycles. The monoisotopic (exact) mass is 746 g/mol. The van der Waals surface area contributed by atoms with Gasteiger partial charge in [0.05, 0.1) is 18.3 Å². The molecule has 2 aliphatic carbocycles. The highest BCUT2D eigenvalue weighted by molar-refractivity contribution is 8.76. The summed E-state index contributed by atoms with van der Waals surface area (Å²) in [5, 5.41) is 56.3. The second-order valence-corrected chi connectivity index (χ2v) is 17.0. The minimum Gasteiger partial charge on any atom is -0.668 e. The lowest BCUT2D eigenvalue weighted by atomic mass is 9.79. The molecule has 11 heteroatoms. The summed E-state index contributed by atoms with van der Waals surface area (Å²) in [6, 6.07) is 11.1. The van der Waals surface area contributed by atoms with Gasteiger partial charge in [0.25, 0.3) is 0 Å². The average Bonchev–Trinajstić information content (AvgIpc) is 3.59. The lowest BCUT2D eigenvalue weighted by Crippen LogP contribution is -2.41. The molecule has 0 spiro atoms. The quantitative estimate of drug-likeness (QED) is 0.0962. The van der Waals surface area contributed by atoms with Crippen molar-refractivity contribution in [3.63, 3.8) is 0 Å². The van der Waals surface area contributed by atoms with E-state index in [2.05, 4.69) is 34.8 Å². The van der Waals surface area contributed by atoms with Crippen LogP contribution in [0.4, 0.5) is 5.82 Å². The molecule has 0 radical (unpaired) electrons. The normalized spacial score (nSPS) is 31.5. The molecule has 10 atom stereocenters. The van der Waals surface area contributed by atoms with Crippen LogP contribution < -0.4 is 15.5 Å². The number of anilines is 1. The van der Waals surface area contributed by atoms with Gasteiger partial charge in [-0.1, -0.05) is 83.5 Å². The number of hydrogen-bond donors (Lipinski definition) is 6. The third-order valence-electron chi connectivity index (χ3n) is 11.1. The number of aliphatic hydroxyl groups excluding tert-OH is 4. The fourth-order valence-corrected chi connectivity index (χ4v) is 10.5. The first-order valence-corrected chi connectivity index (χ1v) is 21.1. The van der Waals surface area contributed by atoms with E-state index in [0.717, 1.165) is 48.1 Å². The zero-order valence-corrected chi connectivity index (χ0v) is 31.4. The van der Waals surface area contributed by atoms with Crippen LogP contribution in [0.1, 0.15) is 86.1 Å². The van der Waals surface area contributed by atoms with Crippen LogP contribution in [-0.4, -0.2) is 67.3 Å². The number of pyridine rings is 1. The third-order valence-corrected chi connectivity index (χ3v) is 13.5. The van der Waals surface area contributed by atoms with Crippen molar-refractivity contribution in [3.8, 4) is 23.3 Å². The van der Waals surface area contributed by atoms with Crippen LogP contribution in [0.5, 0.6) is 11.5 Å². The van der Waals surface area contributed by atoms with Gasteiger partial charge in [-0.25, -0.2) is 4.98 Å². The summed E-state index contributed by atoms with van der Waals surface area (Å²) in [4.78, 5) is 8.92. The Bertz CT molecular complexity index is 1690. The van der Waals surface area contributed by atoms with Gasteiger partial charge in [0.15, 0.2) is 11.5 Å². The number of hydrogen-bond acceptors (Lipinski definition) is 10. The molecule has 6 rings (SSSR count). The number of nitrogens with zero attached hydrogens (tertiary/aromatic N) is 2. The molecule has 280 valence electrons. The van der Waals surface area contributed by atoms with Gasteiger partial charge in [-0.3, -0.25) is 0 Å². The van der Waals surface area contributed by atoms with Crippen molar-refractivity contribution in [2.75, 3.05) is 18.1 Å². The number of phenolic OH excluding ortho intramolecular Hbond substituents is 1. The Morgan fingerprint density at radius 2 is 1.87 bits per heavy atom. The van der Waals surface area contributed by atoms with Crippen molar-refractivity contribution in [1.82, 2.24) is 9.97 Å². The van der Waals surface area contributed by atoms with Gasteiger partial charge in [0, 0.05) is 59.5 Å². The molecule has 0 amide bonds. The number of ether oxygens (including phenoxy) is 1. The number of allylic oxidation sites excluding steroid dienone is 2. The van der Waals surface area contributed by atoms with E-state index in [4.69, 9.17) is 10.5 Å². The highest BCUT2D eigenvalue weighted by Gasteiger charge is 2.37. The van der Waals surface area contributed by atoms with Crippen LogP contribution in [0.3, 0.4) is 0 Å². The van der Waals surface area contributed by atoms with Crippen molar-refractivity contribution < 1.29 is 30.3 Å². The second kappa shape index (κ2) is 18.3. The van der Waals surface area contributed by atoms with E-state index in [1.807, 2.05) is 30.3 Å². The van der Waals surface area contributed by atoms with Crippen molar-refractivity contribution in [2.45, 2.75) is 100 Å². The minimum atomic E-state index is -1.05. The third kappa shape index (κ3) is 9.33. The molecular weight excluding hydrogens is 695 g/mol. The van der Waals surface area contributed by atoms with Crippen LogP contribution >= 0.6 is 21.6 Å². The van der Waals surface area contributed by atoms with Gasteiger partial charge in [0.1, 0.15) is 11.9 Å². The van der Waals surface area contributed by atoms with E-state index < -0.39 is 36.3 Å². The molecule has 3 heterocycles. The first kappa shape index (κ1) is 38.6. The van der Waals surface area contributed by atoms with E-state index >= 15 is 0 Å². The SMILES string of the molecule is CCC1C#CC2C=CC(c3ccc(O)c(OC4CC(Cc5ccc[n-]5)c5ccnc(N)c5CSSCC(CO)C4O)c3)CC(O)C2C(O)CCCC1. The molecule has 0 saturated carbocycles. The number of fused-ring (bicyclic) bond motifs is 2. The maximum absolute atomic E-state index is 11.9. The van der Waals surface area contributed by atoms with Crippen LogP contribution in [-0.2, 0) is 12.2 Å². The molecule has 2 aromatic heterocycles. The molecule has 3 aliphatic rings. The number of benzene rings is 1. The molecule has 1 aliphatic heterocycles. The van der Waals surface area contributed by atoms with Crippen LogP contribution in [0.2, 0.25) is 0 Å². The molecule has 3 aromatic rings. The van der Waals surface area contributed by atoms with E-state index in [9.17, 15) is 25.5 Å². The predicted octanol–water partition coefficient (Wildman–Crippen LogP) is 5.96. The summed E-state index contributed by atoms with van der Waals surface area (Å²) in [6.45, 7) is 1.93. The Morgan fingerprint density at radius 1 is 1.02 bits per heavy atom. The number of aromatic hydroxyl groups is 1. The maximum atomic E-state index is 11.9. The topological polar surface area (TPSA) is 163 Å². The van der Waals surface area contributed by atoms with Crippen molar-refractivity contribution in [3.05, 3.63) is 83.3 Å². The van der Waals surface area contributed by atoms with Gasteiger partial charge in [-0.2, -0.15) is 11.9 Å². The second-order valence-electron chi connectivity index (χ2n) is 14.5. The Labute approximate surface area is 315 Å². The Morgan fingerprint density at radius 3 is 2.65 bits per heavy atom. The smallest absolute Gasteiger partial charge is 0.161 e. The number of aromatic nitrogens is 2. The first-order chi connectivity index (χ1) is 25.2. The summed E-state index contributed by atoms with van der Waals surface area (Å²) in [6.07, 6.45) is 10.2. The Hall–Kier alpha value is -3.11. The largest absolute Gasteiger partial charge is 0.668 e. The van der Waals surface area contributed by atoms with E-state index in [1.165, 1.54) is 0 Å². The zero-order chi connectivity index (χ0) is 36.6. The maximum Gasteiger partial charge on any atom is 0.161 e. The van der Waals surface area contributed by atoms with Gasteiger partial charge >= 0.3 is 0 Å². The molecule has 0 bridgehead atoms. The number of nitrogens with two attached hydrogens (primary N) is 1. The zero-order valence-electron chi connectivity index (χ0n) is 29.8. The van der Waals surface area contributed by atoms with E-state index in [1.54, 1.807) is 46.1 Å². The van der Waals surface area contributed by atoms with E-state index in [-0.39, 0.29) is 35.9 Å². The van der Waals surface area contributed by atoms with Gasteiger partial charge in [0.2, 0.25) is 0 Å². The number of phenols is 1. The molecule has 0 fully saturated rings. The first-order valence-electron chi connectivity index (χ1n) is 18.6. The summed E-state index contributed by atoms with van der Waals surface area (Å²) < 4.78 is 6.64. The van der Waals surface area contributed by atoms with Gasteiger partial charge in [-0.05, 0) is 73.8 Å². The van der Waals surface area contributed by atoms with Crippen LogP contribution in [0.15, 0.2) is 60.9 Å². The van der Waals surface area contributed by atoms with Crippen LogP contribution in [0.25, 0.3) is 0 Å². The molecule has 9 nitrogen and oxygen atoms in total. The lowest BCUT2D eigenvalue weighted by molar-refractivity contribution is -0.0195. The number of nitrogen functional groups attached to an aromatic ring is 1. The summed E-state index contributed by atoms with van der Waals surface area (Å²) >= 11 is 0. The highest BCUT2D eigenvalue weighted by atomic mass is 33.1. The number of aliphatic hydroxyl groups is 4. The number of rotatable bonds is 7. The van der Waals surface area contributed by atoms with E-state index in [0.29, 0.717) is 48.9 Å². The highest BCUT2D eigenvalue weighted by Crippen LogP contribution is 2.42.